The zero-order chi connectivity index (χ0) is 16.2. The van der Waals surface area contributed by atoms with E-state index in [2.05, 4.69) is 15.5 Å². The molecule has 1 N–H and O–H groups in total. The van der Waals surface area contributed by atoms with E-state index >= 15 is 0 Å². The van der Waals surface area contributed by atoms with Crippen molar-refractivity contribution in [2.24, 2.45) is 5.92 Å². The minimum atomic E-state index is -0.192. The SMILES string of the molecule is CCn1cc([C@H]2OCC[C@@H]2C(=O)NCCn2cc(C)cn2)cn1. The van der Waals surface area contributed by atoms with Crippen LogP contribution in [-0.4, -0.2) is 38.6 Å². The fraction of sp³-hybridized carbons (Fsp3) is 0.562. The maximum atomic E-state index is 12.5. The molecule has 0 aliphatic carbocycles. The lowest BCUT2D eigenvalue weighted by atomic mass is 9.96. The molecule has 1 fully saturated rings. The molecule has 7 nitrogen and oxygen atoms in total. The molecule has 2 aromatic heterocycles. The molecule has 1 aliphatic heterocycles. The quantitative estimate of drug-likeness (QED) is 0.871. The van der Waals surface area contributed by atoms with E-state index in [0.29, 0.717) is 19.7 Å². The minimum absolute atomic E-state index is 0.0422. The predicted octanol–water partition coefficient (Wildman–Crippen LogP) is 1.30. The van der Waals surface area contributed by atoms with Crippen molar-refractivity contribution in [1.82, 2.24) is 24.9 Å². The van der Waals surface area contributed by atoms with Crippen LogP contribution >= 0.6 is 0 Å². The molecule has 124 valence electrons. The normalized spacial score (nSPS) is 20.8. The summed E-state index contributed by atoms with van der Waals surface area (Å²) < 4.78 is 9.46. The summed E-state index contributed by atoms with van der Waals surface area (Å²) in [4.78, 5) is 12.5. The van der Waals surface area contributed by atoms with Crippen molar-refractivity contribution in [2.45, 2.75) is 39.5 Å². The smallest absolute Gasteiger partial charge is 0.226 e. The maximum absolute atomic E-state index is 12.5. The lowest BCUT2D eigenvalue weighted by Gasteiger charge is -2.17. The van der Waals surface area contributed by atoms with Crippen LogP contribution < -0.4 is 5.32 Å². The van der Waals surface area contributed by atoms with Crippen molar-refractivity contribution in [2.75, 3.05) is 13.2 Å². The minimum Gasteiger partial charge on any atom is -0.373 e. The average Bonchev–Trinajstić information content (AvgIpc) is 3.26. The van der Waals surface area contributed by atoms with Gasteiger partial charge in [-0.3, -0.25) is 14.2 Å². The van der Waals surface area contributed by atoms with Crippen LogP contribution in [0.1, 0.15) is 30.6 Å². The second kappa shape index (κ2) is 6.95. The number of aromatic nitrogens is 4. The summed E-state index contributed by atoms with van der Waals surface area (Å²) in [6.45, 7) is 6.70. The highest BCUT2D eigenvalue weighted by Gasteiger charge is 2.35. The number of nitrogens with one attached hydrogen (secondary N) is 1. The summed E-state index contributed by atoms with van der Waals surface area (Å²) in [5.74, 6) is -0.107. The zero-order valence-electron chi connectivity index (χ0n) is 13.6. The van der Waals surface area contributed by atoms with E-state index in [4.69, 9.17) is 4.74 Å². The van der Waals surface area contributed by atoms with Gasteiger partial charge in [-0.05, 0) is 25.8 Å². The van der Waals surface area contributed by atoms with Crippen molar-refractivity contribution in [3.05, 3.63) is 35.9 Å². The lowest BCUT2D eigenvalue weighted by Crippen LogP contribution is -2.34. The predicted molar refractivity (Wildman–Crippen MR) is 84.7 cm³/mol. The summed E-state index contributed by atoms with van der Waals surface area (Å²) in [6, 6.07) is 0. The molecule has 2 aromatic rings. The van der Waals surface area contributed by atoms with Gasteiger partial charge >= 0.3 is 0 Å². The fourth-order valence-corrected chi connectivity index (χ4v) is 2.90. The summed E-state index contributed by atoms with van der Waals surface area (Å²) in [5.41, 5.74) is 2.10. The Bertz CT molecular complexity index is 663. The molecular weight excluding hydrogens is 294 g/mol. The van der Waals surface area contributed by atoms with Crippen molar-refractivity contribution in [3.8, 4) is 0 Å². The van der Waals surface area contributed by atoms with Crippen molar-refractivity contribution in [1.29, 1.82) is 0 Å². The molecule has 0 spiro atoms. The number of carbonyl (C=O) groups is 1. The second-order valence-electron chi connectivity index (χ2n) is 5.89. The number of aryl methyl sites for hydroxylation is 2. The van der Waals surface area contributed by atoms with E-state index in [1.165, 1.54) is 0 Å². The Morgan fingerprint density at radius 3 is 2.87 bits per heavy atom. The molecule has 3 heterocycles. The standard InChI is InChI=1S/C16H23N5O2/c1-3-20-11-13(9-19-20)15-14(4-7-23-15)16(22)17-5-6-21-10-12(2)8-18-21/h8-11,14-15H,3-7H2,1-2H3,(H,17,22)/t14-,15+/m0/s1. The number of hydrogen-bond acceptors (Lipinski definition) is 4. The molecule has 0 aromatic carbocycles. The van der Waals surface area contributed by atoms with Crippen LogP contribution in [0, 0.1) is 12.8 Å². The Kier molecular flexibility index (Phi) is 4.76. The third-order valence-corrected chi connectivity index (χ3v) is 4.14. The lowest BCUT2D eigenvalue weighted by molar-refractivity contribution is -0.126. The first-order chi connectivity index (χ1) is 11.2. The fourth-order valence-electron chi connectivity index (χ4n) is 2.90. The molecule has 0 radical (unpaired) electrons. The van der Waals surface area contributed by atoms with Gasteiger partial charge in [-0.2, -0.15) is 10.2 Å². The number of hydrogen-bond donors (Lipinski definition) is 1. The second-order valence-corrected chi connectivity index (χ2v) is 5.89. The maximum Gasteiger partial charge on any atom is 0.226 e. The molecule has 1 saturated heterocycles. The van der Waals surface area contributed by atoms with E-state index in [-0.39, 0.29) is 17.9 Å². The topological polar surface area (TPSA) is 74.0 Å². The highest BCUT2D eigenvalue weighted by molar-refractivity contribution is 5.79. The van der Waals surface area contributed by atoms with E-state index < -0.39 is 0 Å². The molecule has 0 unspecified atom stereocenters. The number of carbonyl (C=O) groups excluding carboxylic acids is 1. The molecule has 0 bridgehead atoms. The van der Waals surface area contributed by atoms with Gasteiger partial charge in [0.25, 0.3) is 0 Å². The first-order valence-corrected chi connectivity index (χ1v) is 8.08. The first kappa shape index (κ1) is 15.7. The largest absolute Gasteiger partial charge is 0.373 e. The van der Waals surface area contributed by atoms with Crippen molar-refractivity contribution >= 4 is 5.91 Å². The molecular formula is C16H23N5O2. The molecule has 0 saturated carbocycles. The Hall–Kier alpha value is -2.15. The number of nitrogens with zero attached hydrogens (tertiary/aromatic N) is 4. The van der Waals surface area contributed by atoms with E-state index in [0.717, 1.165) is 24.1 Å². The summed E-state index contributed by atoms with van der Waals surface area (Å²) in [5, 5.41) is 11.5. The molecule has 3 rings (SSSR count). The Morgan fingerprint density at radius 1 is 1.35 bits per heavy atom. The molecule has 7 heteroatoms. The number of amides is 1. The van der Waals surface area contributed by atoms with Gasteiger partial charge in [0.2, 0.25) is 5.91 Å². The van der Waals surface area contributed by atoms with E-state index in [1.807, 2.05) is 41.8 Å². The van der Waals surface area contributed by atoms with Gasteiger partial charge in [-0.25, -0.2) is 0 Å². The van der Waals surface area contributed by atoms with Gasteiger partial charge in [0, 0.05) is 37.7 Å². The molecule has 2 atom stereocenters. The Balaban J connectivity index is 1.55. The third kappa shape index (κ3) is 3.61. The summed E-state index contributed by atoms with van der Waals surface area (Å²) >= 11 is 0. The summed E-state index contributed by atoms with van der Waals surface area (Å²) in [6.07, 6.45) is 8.09. The van der Waals surface area contributed by atoms with Gasteiger partial charge < -0.3 is 10.1 Å². The Morgan fingerprint density at radius 2 is 2.17 bits per heavy atom. The third-order valence-electron chi connectivity index (χ3n) is 4.14. The first-order valence-electron chi connectivity index (χ1n) is 8.08. The molecule has 23 heavy (non-hydrogen) atoms. The van der Waals surface area contributed by atoms with Crippen LogP contribution in [0.15, 0.2) is 24.8 Å². The monoisotopic (exact) mass is 317 g/mol. The van der Waals surface area contributed by atoms with Gasteiger partial charge in [0.1, 0.15) is 0 Å². The van der Waals surface area contributed by atoms with E-state index in [1.54, 1.807) is 6.20 Å². The van der Waals surface area contributed by atoms with Crippen LogP contribution in [0.3, 0.4) is 0 Å². The van der Waals surface area contributed by atoms with Crippen molar-refractivity contribution in [3.63, 3.8) is 0 Å². The van der Waals surface area contributed by atoms with Crippen LogP contribution in [0.5, 0.6) is 0 Å². The van der Waals surface area contributed by atoms with Gasteiger partial charge in [-0.1, -0.05) is 0 Å². The van der Waals surface area contributed by atoms with Crippen LogP contribution in [0.25, 0.3) is 0 Å². The number of rotatable bonds is 6. The number of ether oxygens (including phenoxy) is 1. The molecule has 1 amide bonds. The van der Waals surface area contributed by atoms with E-state index in [9.17, 15) is 4.79 Å². The highest BCUT2D eigenvalue weighted by atomic mass is 16.5. The van der Waals surface area contributed by atoms with Crippen LogP contribution in [0.2, 0.25) is 0 Å². The van der Waals surface area contributed by atoms with Gasteiger partial charge in [0.05, 0.1) is 31.0 Å². The summed E-state index contributed by atoms with van der Waals surface area (Å²) in [7, 11) is 0. The highest BCUT2D eigenvalue weighted by Crippen LogP contribution is 2.34. The van der Waals surface area contributed by atoms with Gasteiger partial charge in [0.15, 0.2) is 0 Å². The zero-order valence-corrected chi connectivity index (χ0v) is 13.6. The van der Waals surface area contributed by atoms with Crippen LogP contribution in [-0.2, 0) is 22.6 Å². The Labute approximate surface area is 135 Å². The van der Waals surface area contributed by atoms with Crippen LogP contribution in [0.4, 0.5) is 0 Å². The average molecular weight is 317 g/mol. The van der Waals surface area contributed by atoms with Crippen molar-refractivity contribution < 1.29 is 9.53 Å². The molecule has 1 aliphatic rings. The van der Waals surface area contributed by atoms with Gasteiger partial charge in [-0.15, -0.1) is 0 Å².